The van der Waals surface area contributed by atoms with Crippen LogP contribution < -0.4 is 10.6 Å². The minimum atomic E-state index is 0.565. The molecule has 0 amide bonds. The summed E-state index contributed by atoms with van der Waals surface area (Å²) in [5.74, 6) is 2.03. The number of likely N-dealkylation sites (tertiary alicyclic amines) is 1. The normalized spacial score (nSPS) is 21.2. The van der Waals surface area contributed by atoms with Crippen LogP contribution >= 0.6 is 0 Å². The summed E-state index contributed by atoms with van der Waals surface area (Å²) in [7, 11) is 0. The van der Waals surface area contributed by atoms with Crippen molar-refractivity contribution in [2.75, 3.05) is 36.8 Å². The van der Waals surface area contributed by atoms with Gasteiger partial charge in [0, 0.05) is 44.8 Å². The Labute approximate surface area is 154 Å². The Balaban J connectivity index is 1.37. The van der Waals surface area contributed by atoms with Crippen molar-refractivity contribution < 1.29 is 0 Å². The Hall–Kier alpha value is -2.28. The van der Waals surface area contributed by atoms with E-state index in [2.05, 4.69) is 24.8 Å². The fraction of sp³-hybridized carbons (Fsp3) is 0.579. The molecule has 7 heteroatoms. The molecule has 7 nitrogen and oxygen atoms in total. The highest BCUT2D eigenvalue weighted by Crippen LogP contribution is 2.23. The van der Waals surface area contributed by atoms with Gasteiger partial charge >= 0.3 is 0 Å². The van der Waals surface area contributed by atoms with Crippen molar-refractivity contribution in [2.45, 2.75) is 38.6 Å². The fourth-order valence-electron chi connectivity index (χ4n) is 4.04. The van der Waals surface area contributed by atoms with Crippen molar-refractivity contribution in [3.8, 4) is 0 Å². The van der Waals surface area contributed by atoms with Gasteiger partial charge in [-0.05, 0) is 50.6 Å². The molecule has 4 heterocycles. The summed E-state index contributed by atoms with van der Waals surface area (Å²) in [5.41, 5.74) is 8.00. The number of hydrogen-bond acceptors (Lipinski definition) is 7. The van der Waals surface area contributed by atoms with Crippen LogP contribution in [0.1, 0.15) is 37.1 Å². The Kier molecular flexibility index (Phi) is 5.24. The van der Waals surface area contributed by atoms with Crippen molar-refractivity contribution in [1.29, 1.82) is 0 Å². The number of hydrogen-bond donors (Lipinski definition) is 1. The Bertz CT molecular complexity index is 729. The quantitative estimate of drug-likeness (QED) is 0.879. The molecule has 4 rings (SSSR count). The highest BCUT2D eigenvalue weighted by atomic mass is 15.3. The third-order valence-electron chi connectivity index (χ3n) is 5.37. The molecule has 2 aliphatic rings. The summed E-state index contributed by atoms with van der Waals surface area (Å²) < 4.78 is 0. The van der Waals surface area contributed by atoms with Crippen LogP contribution in [-0.4, -0.2) is 51.0 Å². The van der Waals surface area contributed by atoms with Gasteiger partial charge in [0.2, 0.25) is 5.95 Å². The van der Waals surface area contributed by atoms with Crippen LogP contribution in [0.2, 0.25) is 0 Å². The first-order valence-corrected chi connectivity index (χ1v) is 9.62. The molecule has 1 atom stereocenters. The molecule has 2 saturated heterocycles. The zero-order chi connectivity index (χ0) is 17.8. The zero-order valence-corrected chi connectivity index (χ0v) is 15.2. The number of rotatable bonds is 5. The Morgan fingerprint density at radius 1 is 1.00 bits per heavy atom. The first kappa shape index (κ1) is 17.1. The first-order valence-electron chi connectivity index (χ1n) is 9.62. The number of anilines is 2. The maximum absolute atomic E-state index is 5.96. The summed E-state index contributed by atoms with van der Waals surface area (Å²) in [6.07, 6.45) is 11.1. The first-order chi connectivity index (χ1) is 12.8. The van der Waals surface area contributed by atoms with Gasteiger partial charge in [-0.25, -0.2) is 15.0 Å². The second-order valence-electron chi connectivity index (χ2n) is 7.38. The lowest BCUT2D eigenvalue weighted by atomic mass is 9.93. The standard InChI is InChI=1S/C19H27N7/c20-18-17(21-7-8-22-18)12-15-4-3-9-25(13-15)14-16-5-6-23-19(24-16)26-10-1-2-11-26/h5-8,15H,1-4,9-14H2,(H2,20,22). The molecule has 0 aliphatic carbocycles. The van der Waals surface area contributed by atoms with E-state index in [4.69, 9.17) is 10.7 Å². The second-order valence-corrected chi connectivity index (χ2v) is 7.38. The molecular weight excluding hydrogens is 326 g/mol. The van der Waals surface area contributed by atoms with Crippen molar-refractivity contribution in [1.82, 2.24) is 24.8 Å². The number of nitrogens with two attached hydrogens (primary N) is 1. The summed E-state index contributed by atoms with van der Waals surface area (Å²) in [4.78, 5) is 22.6. The van der Waals surface area contributed by atoms with Crippen molar-refractivity contribution in [3.63, 3.8) is 0 Å². The van der Waals surface area contributed by atoms with Crippen LogP contribution in [0.15, 0.2) is 24.7 Å². The molecule has 2 aromatic heterocycles. The average Bonchev–Trinajstić information content (AvgIpc) is 3.19. The van der Waals surface area contributed by atoms with Crippen LogP contribution in [0.5, 0.6) is 0 Å². The SMILES string of the molecule is Nc1nccnc1CC1CCCN(Cc2ccnc(N3CCCC3)n2)C1. The third-order valence-corrected chi connectivity index (χ3v) is 5.37. The zero-order valence-electron chi connectivity index (χ0n) is 15.2. The highest BCUT2D eigenvalue weighted by molar-refractivity contribution is 5.33. The number of nitrogens with zero attached hydrogens (tertiary/aromatic N) is 6. The van der Waals surface area contributed by atoms with E-state index in [1.165, 1.54) is 25.7 Å². The predicted octanol–water partition coefficient (Wildman–Crippen LogP) is 1.90. The van der Waals surface area contributed by atoms with E-state index in [1.54, 1.807) is 12.4 Å². The Morgan fingerprint density at radius 2 is 1.85 bits per heavy atom. The van der Waals surface area contributed by atoms with Gasteiger partial charge in [-0.2, -0.15) is 0 Å². The summed E-state index contributed by atoms with van der Waals surface area (Å²) >= 11 is 0. The van der Waals surface area contributed by atoms with Crippen molar-refractivity contribution in [2.24, 2.45) is 5.92 Å². The van der Waals surface area contributed by atoms with Gasteiger partial charge in [-0.3, -0.25) is 9.88 Å². The molecule has 0 bridgehead atoms. The van der Waals surface area contributed by atoms with Crippen LogP contribution in [0.4, 0.5) is 11.8 Å². The fourth-order valence-corrected chi connectivity index (χ4v) is 4.04. The van der Waals surface area contributed by atoms with Gasteiger partial charge in [0.1, 0.15) is 5.82 Å². The van der Waals surface area contributed by atoms with E-state index in [1.807, 2.05) is 12.3 Å². The molecule has 2 N–H and O–H groups in total. The van der Waals surface area contributed by atoms with Crippen LogP contribution in [0, 0.1) is 5.92 Å². The topological polar surface area (TPSA) is 84.1 Å². The lowest BCUT2D eigenvalue weighted by Crippen LogP contribution is -2.36. The van der Waals surface area contributed by atoms with E-state index < -0.39 is 0 Å². The van der Waals surface area contributed by atoms with Crippen LogP contribution in [0.3, 0.4) is 0 Å². The van der Waals surface area contributed by atoms with Gasteiger partial charge in [-0.1, -0.05) is 0 Å². The van der Waals surface area contributed by atoms with Crippen molar-refractivity contribution in [3.05, 3.63) is 36.0 Å². The molecule has 2 aliphatic heterocycles. The molecule has 0 saturated carbocycles. The number of nitrogen functional groups attached to an aromatic ring is 1. The third kappa shape index (κ3) is 4.09. The van der Waals surface area contributed by atoms with Crippen molar-refractivity contribution >= 4 is 11.8 Å². The maximum Gasteiger partial charge on any atom is 0.225 e. The molecule has 138 valence electrons. The minimum Gasteiger partial charge on any atom is -0.382 e. The van der Waals surface area contributed by atoms with E-state index in [0.29, 0.717) is 11.7 Å². The van der Waals surface area contributed by atoms with Crippen LogP contribution in [-0.2, 0) is 13.0 Å². The van der Waals surface area contributed by atoms with Gasteiger partial charge in [0.25, 0.3) is 0 Å². The molecule has 0 radical (unpaired) electrons. The molecule has 0 spiro atoms. The average molecular weight is 353 g/mol. The molecule has 2 aromatic rings. The molecular formula is C19H27N7. The maximum atomic E-state index is 5.96. The van der Waals surface area contributed by atoms with E-state index in [-0.39, 0.29) is 0 Å². The van der Waals surface area contributed by atoms with Crippen LogP contribution in [0.25, 0.3) is 0 Å². The van der Waals surface area contributed by atoms with Gasteiger partial charge in [0.05, 0.1) is 11.4 Å². The molecule has 2 fully saturated rings. The smallest absolute Gasteiger partial charge is 0.225 e. The van der Waals surface area contributed by atoms with Gasteiger partial charge in [-0.15, -0.1) is 0 Å². The van der Waals surface area contributed by atoms with E-state index >= 15 is 0 Å². The second kappa shape index (κ2) is 7.95. The summed E-state index contributed by atoms with van der Waals surface area (Å²) in [5, 5.41) is 0. The predicted molar refractivity (Wildman–Crippen MR) is 102 cm³/mol. The summed E-state index contributed by atoms with van der Waals surface area (Å²) in [6.45, 7) is 5.22. The molecule has 26 heavy (non-hydrogen) atoms. The molecule has 1 unspecified atom stereocenters. The number of aromatic nitrogens is 4. The van der Waals surface area contributed by atoms with E-state index in [9.17, 15) is 0 Å². The largest absolute Gasteiger partial charge is 0.382 e. The molecule has 0 aromatic carbocycles. The lowest BCUT2D eigenvalue weighted by molar-refractivity contribution is 0.165. The monoisotopic (exact) mass is 353 g/mol. The Morgan fingerprint density at radius 3 is 2.69 bits per heavy atom. The highest BCUT2D eigenvalue weighted by Gasteiger charge is 2.22. The van der Waals surface area contributed by atoms with E-state index in [0.717, 1.165) is 56.5 Å². The lowest BCUT2D eigenvalue weighted by Gasteiger charge is -2.32. The summed E-state index contributed by atoms with van der Waals surface area (Å²) in [6, 6.07) is 2.05. The number of piperidine rings is 1. The van der Waals surface area contributed by atoms with Gasteiger partial charge < -0.3 is 10.6 Å². The minimum absolute atomic E-state index is 0.565. The van der Waals surface area contributed by atoms with Gasteiger partial charge in [0.15, 0.2) is 0 Å².